The van der Waals surface area contributed by atoms with Crippen LogP contribution in [-0.2, 0) is 4.79 Å². The molecule has 0 aliphatic carbocycles. The summed E-state index contributed by atoms with van der Waals surface area (Å²) in [4.78, 5) is 11.4. The van der Waals surface area contributed by atoms with Gasteiger partial charge in [-0.25, -0.2) is 4.79 Å². The summed E-state index contributed by atoms with van der Waals surface area (Å²) < 4.78 is 38.5. The molecule has 0 radical (unpaired) electrons. The van der Waals surface area contributed by atoms with Crippen LogP contribution in [0.25, 0.3) is 0 Å². The minimum Gasteiger partial charge on any atom is -0.492 e. The van der Waals surface area contributed by atoms with Crippen molar-refractivity contribution in [3.63, 3.8) is 0 Å². The molecule has 0 bridgehead atoms. The number of ether oxygens (including phenoxy) is 1. The molecule has 1 fully saturated rings. The lowest BCUT2D eigenvalue weighted by atomic mass is 10.3. The van der Waals surface area contributed by atoms with Crippen LogP contribution in [0.2, 0.25) is 0 Å². The van der Waals surface area contributed by atoms with Crippen LogP contribution in [0, 0.1) is 0 Å². The van der Waals surface area contributed by atoms with Crippen molar-refractivity contribution >= 4 is 21.9 Å². The molecule has 9 heteroatoms. The van der Waals surface area contributed by atoms with Gasteiger partial charge in [0.1, 0.15) is 12.4 Å². The van der Waals surface area contributed by atoms with E-state index in [9.17, 15) is 13.2 Å². The van der Waals surface area contributed by atoms with Gasteiger partial charge >= 0.3 is 12.1 Å². The molecule has 1 saturated heterocycles. The first kappa shape index (κ1) is 20.7. The van der Waals surface area contributed by atoms with Crippen LogP contribution in [0.3, 0.4) is 0 Å². The van der Waals surface area contributed by atoms with E-state index in [2.05, 4.69) is 26.1 Å². The molecule has 24 heavy (non-hydrogen) atoms. The topological polar surface area (TPSA) is 61.8 Å². The van der Waals surface area contributed by atoms with Crippen molar-refractivity contribution in [2.24, 2.45) is 0 Å². The maximum atomic E-state index is 10.6. The standard InChI is InChI=1S/C13H19BrN2O.C2HF3O2/c14-12-2-4-13(5-3-12)17-11-10-16-8-1-6-15-7-9-16;3-2(4,5)1(6)7/h2-5,15H,1,6-11H2;(H,6,7). The van der Waals surface area contributed by atoms with Crippen molar-refractivity contribution < 1.29 is 27.8 Å². The predicted molar refractivity (Wildman–Crippen MR) is 87.3 cm³/mol. The summed E-state index contributed by atoms with van der Waals surface area (Å²) in [5.41, 5.74) is 0. The fourth-order valence-corrected chi connectivity index (χ4v) is 2.21. The van der Waals surface area contributed by atoms with Gasteiger partial charge in [-0.2, -0.15) is 13.2 Å². The molecule has 0 spiro atoms. The minimum absolute atomic E-state index is 0.766. The van der Waals surface area contributed by atoms with E-state index in [-0.39, 0.29) is 0 Å². The molecule has 0 saturated carbocycles. The number of hydrogen-bond acceptors (Lipinski definition) is 4. The minimum atomic E-state index is -5.08. The van der Waals surface area contributed by atoms with Crippen molar-refractivity contribution in [2.75, 3.05) is 39.3 Å². The molecule has 136 valence electrons. The highest BCUT2D eigenvalue weighted by Crippen LogP contribution is 2.16. The largest absolute Gasteiger partial charge is 0.492 e. The van der Waals surface area contributed by atoms with Gasteiger partial charge in [0, 0.05) is 24.1 Å². The second-order valence-corrected chi connectivity index (χ2v) is 5.97. The molecule has 1 aliphatic rings. The number of nitrogens with zero attached hydrogens (tertiary/aromatic N) is 1. The van der Waals surface area contributed by atoms with Gasteiger partial charge < -0.3 is 15.2 Å². The number of hydrogen-bond donors (Lipinski definition) is 2. The molecule has 1 heterocycles. The van der Waals surface area contributed by atoms with Crippen molar-refractivity contribution in [1.82, 2.24) is 10.2 Å². The summed E-state index contributed by atoms with van der Waals surface area (Å²) >= 11 is 3.41. The van der Waals surface area contributed by atoms with Crippen molar-refractivity contribution in [3.05, 3.63) is 28.7 Å². The highest BCUT2D eigenvalue weighted by Gasteiger charge is 2.38. The third-order valence-electron chi connectivity index (χ3n) is 3.17. The third-order valence-corrected chi connectivity index (χ3v) is 3.69. The zero-order chi connectivity index (χ0) is 18.0. The van der Waals surface area contributed by atoms with E-state index in [4.69, 9.17) is 14.6 Å². The van der Waals surface area contributed by atoms with Crippen LogP contribution in [0.5, 0.6) is 5.75 Å². The Balaban J connectivity index is 0.000000351. The first-order chi connectivity index (χ1) is 11.3. The number of aliphatic carboxylic acids is 1. The predicted octanol–water partition coefficient (Wildman–Crippen LogP) is 2.76. The zero-order valence-corrected chi connectivity index (χ0v) is 14.6. The maximum absolute atomic E-state index is 10.6. The lowest BCUT2D eigenvalue weighted by molar-refractivity contribution is -0.192. The highest BCUT2D eigenvalue weighted by molar-refractivity contribution is 9.10. The summed E-state index contributed by atoms with van der Waals surface area (Å²) in [5, 5.41) is 10.5. The second-order valence-electron chi connectivity index (χ2n) is 5.05. The van der Waals surface area contributed by atoms with E-state index in [0.717, 1.165) is 43.0 Å². The van der Waals surface area contributed by atoms with Gasteiger partial charge in [-0.3, -0.25) is 4.90 Å². The van der Waals surface area contributed by atoms with Gasteiger partial charge in [-0.05, 0) is 43.8 Å². The van der Waals surface area contributed by atoms with Gasteiger partial charge in [0.05, 0.1) is 0 Å². The molecule has 0 amide bonds. The fraction of sp³-hybridized carbons (Fsp3) is 0.533. The normalized spacial score (nSPS) is 15.8. The number of alkyl halides is 3. The Labute approximate surface area is 146 Å². The summed E-state index contributed by atoms with van der Waals surface area (Å²) in [6.07, 6.45) is -3.85. The average Bonchev–Trinajstić information content (AvgIpc) is 2.78. The van der Waals surface area contributed by atoms with E-state index in [1.54, 1.807) is 0 Å². The molecule has 0 aromatic heterocycles. The summed E-state index contributed by atoms with van der Waals surface area (Å²) in [6.45, 7) is 6.32. The molecule has 5 nitrogen and oxygen atoms in total. The molecule has 1 aromatic rings. The summed E-state index contributed by atoms with van der Waals surface area (Å²) in [5.74, 6) is -1.81. The Kier molecular flexibility index (Phi) is 9.09. The van der Waals surface area contributed by atoms with Gasteiger partial charge in [0.25, 0.3) is 0 Å². The van der Waals surface area contributed by atoms with Gasteiger partial charge in [0.15, 0.2) is 0 Å². The molecule has 0 atom stereocenters. The molecule has 0 unspecified atom stereocenters. The third kappa shape index (κ3) is 9.09. The van der Waals surface area contributed by atoms with Crippen LogP contribution in [0.1, 0.15) is 6.42 Å². The first-order valence-corrected chi connectivity index (χ1v) is 8.20. The number of nitrogens with one attached hydrogen (secondary N) is 1. The van der Waals surface area contributed by atoms with Crippen LogP contribution >= 0.6 is 15.9 Å². The van der Waals surface area contributed by atoms with E-state index in [1.165, 1.54) is 13.0 Å². The lowest BCUT2D eigenvalue weighted by Crippen LogP contribution is -2.31. The van der Waals surface area contributed by atoms with Crippen molar-refractivity contribution in [1.29, 1.82) is 0 Å². The Hall–Kier alpha value is -1.32. The SMILES string of the molecule is Brc1ccc(OCCN2CCCNCC2)cc1.O=C(O)C(F)(F)F. The Morgan fingerprint density at radius 3 is 2.46 bits per heavy atom. The summed E-state index contributed by atoms with van der Waals surface area (Å²) in [6, 6.07) is 8.00. The Morgan fingerprint density at radius 2 is 1.88 bits per heavy atom. The van der Waals surface area contributed by atoms with Crippen molar-refractivity contribution in [2.45, 2.75) is 12.6 Å². The Morgan fingerprint density at radius 1 is 1.25 bits per heavy atom. The van der Waals surface area contributed by atoms with Crippen LogP contribution in [-0.4, -0.2) is 61.5 Å². The number of benzene rings is 1. The smallest absolute Gasteiger partial charge is 0.490 e. The molecule has 2 N–H and O–H groups in total. The quantitative estimate of drug-likeness (QED) is 0.795. The number of carboxylic acid groups (broad SMARTS) is 1. The van der Waals surface area contributed by atoms with E-state index >= 15 is 0 Å². The van der Waals surface area contributed by atoms with Crippen molar-refractivity contribution in [3.8, 4) is 5.75 Å². The molecule has 1 aliphatic heterocycles. The monoisotopic (exact) mass is 412 g/mol. The Bertz CT molecular complexity index is 490. The molecule has 1 aromatic carbocycles. The number of halogens is 4. The van der Waals surface area contributed by atoms with Crippen LogP contribution in [0.15, 0.2) is 28.7 Å². The lowest BCUT2D eigenvalue weighted by Gasteiger charge is -2.19. The highest BCUT2D eigenvalue weighted by atomic mass is 79.9. The number of carboxylic acids is 1. The van der Waals surface area contributed by atoms with Gasteiger partial charge in [-0.15, -0.1) is 0 Å². The zero-order valence-electron chi connectivity index (χ0n) is 13.0. The number of rotatable bonds is 4. The maximum Gasteiger partial charge on any atom is 0.490 e. The molecule has 2 rings (SSSR count). The van der Waals surface area contributed by atoms with E-state index < -0.39 is 12.1 Å². The van der Waals surface area contributed by atoms with Gasteiger partial charge in [0.2, 0.25) is 0 Å². The fourth-order valence-electron chi connectivity index (χ4n) is 1.95. The molecular weight excluding hydrogens is 393 g/mol. The summed E-state index contributed by atoms with van der Waals surface area (Å²) in [7, 11) is 0. The van der Waals surface area contributed by atoms with E-state index in [1.807, 2.05) is 24.3 Å². The molecular formula is C15H20BrF3N2O3. The van der Waals surface area contributed by atoms with E-state index in [0.29, 0.717) is 0 Å². The first-order valence-electron chi connectivity index (χ1n) is 7.40. The van der Waals surface area contributed by atoms with Crippen LogP contribution in [0.4, 0.5) is 13.2 Å². The second kappa shape index (κ2) is 10.5. The average molecular weight is 413 g/mol. The van der Waals surface area contributed by atoms with Gasteiger partial charge in [-0.1, -0.05) is 15.9 Å². The number of carbonyl (C=O) groups is 1. The van der Waals surface area contributed by atoms with Crippen LogP contribution < -0.4 is 10.1 Å².